The van der Waals surface area contributed by atoms with Crippen molar-refractivity contribution in [2.45, 2.75) is 5.41 Å². The molecule has 0 amide bonds. The van der Waals surface area contributed by atoms with Gasteiger partial charge in [0.1, 0.15) is 0 Å². The van der Waals surface area contributed by atoms with Gasteiger partial charge in [0.2, 0.25) is 5.95 Å². The first-order chi connectivity index (χ1) is 34.2. The maximum Gasteiger partial charge on any atom is 0.238 e. The number of fused-ring (bicyclic) bond motifs is 13. The Hall–Kier alpha value is -9.19. The summed E-state index contributed by atoms with van der Waals surface area (Å²) < 4.78 is 2.24. The molecule has 0 fully saturated rings. The van der Waals surface area contributed by atoms with Crippen LogP contribution < -0.4 is 4.90 Å². The zero-order valence-electron chi connectivity index (χ0n) is 37.4. The third kappa shape index (κ3) is 5.87. The molecule has 0 atom stereocenters. The highest BCUT2D eigenvalue weighted by molar-refractivity contribution is 6.18. The molecule has 1 aliphatic heterocycles. The van der Waals surface area contributed by atoms with Crippen molar-refractivity contribution in [2.75, 3.05) is 4.90 Å². The fraction of sp³-hybridized carbons (Fsp3) is 0.0156. The lowest BCUT2D eigenvalue weighted by Gasteiger charge is -2.45. The topological polar surface area (TPSA) is 46.8 Å². The number of aromatic nitrogens is 4. The summed E-state index contributed by atoms with van der Waals surface area (Å²) in [6.45, 7) is 0. The second-order valence-corrected chi connectivity index (χ2v) is 17.9. The zero-order valence-corrected chi connectivity index (χ0v) is 37.4. The molecule has 69 heavy (non-hydrogen) atoms. The van der Waals surface area contributed by atoms with Gasteiger partial charge in [-0.1, -0.05) is 206 Å². The first-order valence-electron chi connectivity index (χ1n) is 23.5. The molecule has 2 aromatic heterocycles. The van der Waals surface area contributed by atoms with Crippen LogP contribution in [0.4, 0.5) is 17.1 Å². The summed E-state index contributed by atoms with van der Waals surface area (Å²) in [4.78, 5) is 18.1. The molecule has 0 bridgehead atoms. The molecule has 1 spiro atoms. The zero-order chi connectivity index (χ0) is 45.5. The summed E-state index contributed by atoms with van der Waals surface area (Å²) in [6, 6.07) is 89.6. The van der Waals surface area contributed by atoms with E-state index in [9.17, 15) is 0 Å². The Kier molecular flexibility index (Phi) is 8.73. The monoisotopic (exact) mass is 879 g/mol. The van der Waals surface area contributed by atoms with Crippen LogP contribution in [0.5, 0.6) is 0 Å². The fourth-order valence-electron chi connectivity index (χ4n) is 11.4. The SMILES string of the molecule is c1ccc(-c2cc(-c3ccccc3)cc(N3c4ccccc4C4(c5ccccc5-c5c4ccc4c5c5ccccc5n4-c4nc(-c5ccccc5)nc(-c5ccccc5)n4)c4ccccc43)c2)cc1. The van der Waals surface area contributed by atoms with Crippen molar-refractivity contribution in [1.82, 2.24) is 19.5 Å². The van der Waals surface area contributed by atoms with Gasteiger partial charge in [-0.25, -0.2) is 4.98 Å². The predicted octanol–water partition coefficient (Wildman–Crippen LogP) is 15.8. The molecular formula is C64H41N5. The lowest BCUT2D eigenvalue weighted by molar-refractivity contribution is 0.753. The summed E-state index contributed by atoms with van der Waals surface area (Å²) in [5.74, 6) is 1.83. The summed E-state index contributed by atoms with van der Waals surface area (Å²) in [6.07, 6.45) is 0. The molecule has 1 aliphatic carbocycles. The lowest BCUT2D eigenvalue weighted by atomic mass is 9.64. The minimum atomic E-state index is -0.638. The van der Waals surface area contributed by atoms with Gasteiger partial charge in [-0.3, -0.25) is 4.57 Å². The van der Waals surface area contributed by atoms with Crippen LogP contribution in [0.15, 0.2) is 249 Å². The number of anilines is 3. The highest BCUT2D eigenvalue weighted by Crippen LogP contribution is 2.65. The number of benzene rings is 10. The van der Waals surface area contributed by atoms with Crippen LogP contribution in [0, 0.1) is 0 Å². The second kappa shape index (κ2) is 15.4. The Morgan fingerprint density at radius 2 is 0.812 bits per heavy atom. The summed E-state index contributed by atoms with van der Waals surface area (Å²) in [5.41, 5.74) is 18.9. The van der Waals surface area contributed by atoms with Gasteiger partial charge in [-0.05, 0) is 98.1 Å². The molecule has 0 saturated carbocycles. The minimum Gasteiger partial charge on any atom is -0.310 e. The largest absolute Gasteiger partial charge is 0.310 e. The smallest absolute Gasteiger partial charge is 0.238 e. The van der Waals surface area contributed by atoms with Crippen molar-refractivity contribution >= 4 is 38.9 Å². The molecule has 10 aromatic carbocycles. The van der Waals surface area contributed by atoms with E-state index in [1.165, 1.54) is 61.0 Å². The summed E-state index contributed by atoms with van der Waals surface area (Å²) in [7, 11) is 0. The van der Waals surface area contributed by atoms with E-state index in [-0.39, 0.29) is 0 Å². The molecule has 2 aliphatic rings. The van der Waals surface area contributed by atoms with Gasteiger partial charge < -0.3 is 4.90 Å². The van der Waals surface area contributed by atoms with Crippen LogP contribution in [0.3, 0.4) is 0 Å². The predicted molar refractivity (Wildman–Crippen MR) is 281 cm³/mol. The van der Waals surface area contributed by atoms with Crippen molar-refractivity contribution in [3.8, 4) is 62.1 Å². The molecule has 322 valence electrons. The third-order valence-corrected chi connectivity index (χ3v) is 14.2. The van der Waals surface area contributed by atoms with Crippen LogP contribution in [0.1, 0.15) is 22.3 Å². The van der Waals surface area contributed by atoms with E-state index in [1.54, 1.807) is 0 Å². The van der Waals surface area contributed by atoms with E-state index in [2.05, 4.69) is 222 Å². The molecule has 5 heteroatoms. The van der Waals surface area contributed by atoms with Gasteiger partial charge in [0.05, 0.1) is 27.8 Å². The van der Waals surface area contributed by atoms with Gasteiger partial charge in [-0.2, -0.15) is 9.97 Å². The van der Waals surface area contributed by atoms with Crippen molar-refractivity contribution in [3.05, 3.63) is 271 Å². The maximum absolute atomic E-state index is 5.28. The average Bonchev–Trinajstić information content (AvgIpc) is 3.92. The molecule has 12 aromatic rings. The Morgan fingerprint density at radius 3 is 1.39 bits per heavy atom. The number of hydrogen-bond acceptors (Lipinski definition) is 4. The fourth-order valence-corrected chi connectivity index (χ4v) is 11.4. The van der Waals surface area contributed by atoms with Crippen molar-refractivity contribution in [3.63, 3.8) is 0 Å². The summed E-state index contributed by atoms with van der Waals surface area (Å²) >= 11 is 0. The Bertz CT molecular complexity index is 3790. The Balaban J connectivity index is 1.04. The van der Waals surface area contributed by atoms with Crippen molar-refractivity contribution in [1.29, 1.82) is 0 Å². The average molecular weight is 880 g/mol. The lowest BCUT2D eigenvalue weighted by Crippen LogP contribution is -2.36. The van der Waals surface area contributed by atoms with E-state index < -0.39 is 5.41 Å². The third-order valence-electron chi connectivity index (χ3n) is 14.2. The van der Waals surface area contributed by atoms with Crippen LogP contribution in [0.25, 0.3) is 83.9 Å². The number of hydrogen-bond donors (Lipinski definition) is 0. The van der Waals surface area contributed by atoms with Gasteiger partial charge in [0, 0.05) is 27.6 Å². The van der Waals surface area contributed by atoms with E-state index >= 15 is 0 Å². The highest BCUT2D eigenvalue weighted by atomic mass is 15.2. The van der Waals surface area contributed by atoms with Crippen molar-refractivity contribution in [2.24, 2.45) is 0 Å². The maximum atomic E-state index is 5.28. The Morgan fingerprint density at radius 1 is 0.333 bits per heavy atom. The molecule has 0 N–H and O–H groups in total. The molecular weight excluding hydrogens is 839 g/mol. The normalized spacial score (nSPS) is 13.0. The first-order valence-corrected chi connectivity index (χ1v) is 23.5. The number of nitrogens with zero attached hydrogens (tertiary/aromatic N) is 5. The van der Waals surface area contributed by atoms with E-state index in [0.717, 1.165) is 44.6 Å². The van der Waals surface area contributed by atoms with Crippen LogP contribution >= 0.6 is 0 Å². The van der Waals surface area contributed by atoms with Gasteiger partial charge in [0.25, 0.3) is 0 Å². The standard InChI is InChI=1S/C64H41N5/c1-5-21-42(22-6-1)46-39-47(43-23-7-2-8-24-43)41-48(40-46)68-56-35-19-16-32-52(56)64(53-33-17-20-36-57(53)68)51-31-15-13-29-49(51)59-54(64)37-38-58-60(59)50-30-14-18-34-55(50)69(58)63-66-61(44-25-9-3-10-26-44)65-62(67-63)45-27-11-4-12-28-45/h1-41H. The van der Waals surface area contributed by atoms with E-state index in [1.807, 2.05) is 36.4 Å². The van der Waals surface area contributed by atoms with Crippen LogP contribution in [-0.2, 0) is 5.41 Å². The molecule has 0 unspecified atom stereocenters. The Labute approximate surface area is 399 Å². The van der Waals surface area contributed by atoms with E-state index in [4.69, 9.17) is 15.0 Å². The summed E-state index contributed by atoms with van der Waals surface area (Å²) in [5, 5.41) is 2.32. The van der Waals surface area contributed by atoms with Crippen LogP contribution in [0.2, 0.25) is 0 Å². The second-order valence-electron chi connectivity index (χ2n) is 17.9. The molecule has 0 saturated heterocycles. The molecule has 5 nitrogen and oxygen atoms in total. The van der Waals surface area contributed by atoms with Gasteiger partial charge in [0.15, 0.2) is 11.6 Å². The van der Waals surface area contributed by atoms with Crippen LogP contribution in [-0.4, -0.2) is 19.5 Å². The quantitative estimate of drug-likeness (QED) is 0.167. The highest BCUT2D eigenvalue weighted by Gasteiger charge is 2.52. The molecule has 14 rings (SSSR count). The minimum absolute atomic E-state index is 0.575. The molecule has 3 heterocycles. The first kappa shape index (κ1) is 39.0. The number of para-hydroxylation sites is 3. The van der Waals surface area contributed by atoms with E-state index in [0.29, 0.717) is 17.6 Å². The van der Waals surface area contributed by atoms with Gasteiger partial charge in [-0.15, -0.1) is 0 Å². The van der Waals surface area contributed by atoms with Crippen molar-refractivity contribution < 1.29 is 0 Å². The van der Waals surface area contributed by atoms with Gasteiger partial charge >= 0.3 is 0 Å². The number of rotatable bonds is 6. The molecule has 0 radical (unpaired) electrons.